The van der Waals surface area contributed by atoms with Crippen LogP contribution in [0, 0.1) is 64.8 Å². The van der Waals surface area contributed by atoms with Crippen molar-refractivity contribution in [1.29, 1.82) is 5.26 Å². The van der Waals surface area contributed by atoms with E-state index in [4.69, 9.17) is 50.3 Å². The maximum absolute atomic E-state index is 11.9. The molecule has 0 aromatic heterocycles. The SMILES string of the molecule is CC#N.COc1cccc(C=NCCN=Cc2cccc(OC)c2[O-])c1[O-].COc1cccc(C=NCCN=Cc2cccc(OC)c2[O-])c1[O-].O=[N+]([O-])[O-].[Dy+3].[N-]=C=S.[N-]=C=S.[Zn+2].[Zn+2]. The fourth-order valence-electron chi connectivity index (χ4n) is 4.06. The molecule has 4 aromatic rings. The van der Waals surface area contributed by atoms with Crippen molar-refractivity contribution in [2.45, 2.75) is 6.92 Å². The summed E-state index contributed by atoms with van der Waals surface area (Å²) in [5, 5.41) is 86.6. The van der Waals surface area contributed by atoms with Gasteiger partial charge in [-0.1, -0.05) is 96.0 Å². The van der Waals surface area contributed by atoms with Crippen molar-refractivity contribution in [3.05, 3.63) is 121 Å². The van der Waals surface area contributed by atoms with Gasteiger partial charge < -0.3 is 65.5 Å². The van der Waals surface area contributed by atoms with E-state index < -0.39 is 5.09 Å². The molecule has 0 bridgehead atoms. The molecule has 64 heavy (non-hydrogen) atoms. The minimum Gasteiger partial charge on any atom is -0.870 e. The van der Waals surface area contributed by atoms with Crippen LogP contribution in [0.25, 0.3) is 10.8 Å². The smallest absolute Gasteiger partial charge is 0.870 e. The molecule has 0 aliphatic heterocycles. The van der Waals surface area contributed by atoms with E-state index in [0.717, 1.165) is 0 Å². The zero-order valence-electron chi connectivity index (χ0n) is 35.2. The topological polar surface area (TPSA) is 313 Å². The first kappa shape index (κ1) is 67.8. The van der Waals surface area contributed by atoms with Gasteiger partial charge in [0.1, 0.15) is 23.0 Å². The summed E-state index contributed by atoms with van der Waals surface area (Å²) in [6, 6.07) is 21.8. The van der Waals surface area contributed by atoms with Crippen LogP contribution in [0.2, 0.25) is 0 Å². The Labute approximate surface area is 437 Å². The Kier molecular flexibility index (Phi) is 47.0. The largest absolute Gasteiger partial charge is 3.00 e. The number of methoxy groups -OCH3 is 4. The average Bonchev–Trinajstić information content (AvgIpc) is 3.23. The van der Waals surface area contributed by atoms with Crippen LogP contribution in [-0.2, 0) is 39.0 Å². The van der Waals surface area contributed by atoms with Gasteiger partial charge in [-0.3, -0.25) is 20.0 Å². The van der Waals surface area contributed by atoms with Crippen LogP contribution in [0.5, 0.6) is 46.0 Å². The molecule has 4 rings (SSSR count). The van der Waals surface area contributed by atoms with Gasteiger partial charge in [-0.15, -0.1) is 0 Å². The minimum absolute atomic E-state index is 0. The van der Waals surface area contributed by atoms with E-state index in [-0.39, 0.29) is 123 Å². The third kappa shape index (κ3) is 30.0. The van der Waals surface area contributed by atoms with Crippen LogP contribution in [0.3, 0.4) is 0 Å². The van der Waals surface area contributed by atoms with Crippen LogP contribution in [0.1, 0.15) is 29.2 Å². The molecule has 19 nitrogen and oxygen atoms in total. The number of para-hydroxylation sites is 4. The molecule has 24 heteroatoms. The number of aliphatic imine (C=N–C) groups is 4. The van der Waals surface area contributed by atoms with Gasteiger partial charge in [0.2, 0.25) is 0 Å². The van der Waals surface area contributed by atoms with Crippen LogP contribution in [0.15, 0.2) is 92.8 Å². The summed E-state index contributed by atoms with van der Waals surface area (Å²) in [4.78, 5) is 24.9. The van der Waals surface area contributed by atoms with Crippen molar-refractivity contribution in [1.82, 2.24) is 0 Å². The molecule has 0 fully saturated rings. The van der Waals surface area contributed by atoms with Crippen molar-refractivity contribution in [3.63, 3.8) is 0 Å². The van der Waals surface area contributed by atoms with E-state index in [0.29, 0.717) is 48.4 Å². The fourth-order valence-corrected chi connectivity index (χ4v) is 4.06. The molecule has 0 saturated carbocycles. The van der Waals surface area contributed by atoms with Gasteiger partial charge in [0.15, 0.2) is 0 Å². The first-order chi connectivity index (χ1) is 29.3. The van der Waals surface area contributed by atoms with Crippen LogP contribution in [0.4, 0.5) is 0 Å². The Morgan fingerprint density at radius 1 is 0.562 bits per heavy atom. The summed E-state index contributed by atoms with van der Waals surface area (Å²) in [6.45, 7) is 3.06. The van der Waals surface area contributed by atoms with E-state index in [1.165, 1.54) is 70.5 Å². The second kappa shape index (κ2) is 44.4. The number of rotatable bonds is 14. The summed E-state index contributed by atoms with van der Waals surface area (Å²) >= 11 is 7.40. The summed E-state index contributed by atoms with van der Waals surface area (Å²) < 4.78 is 19.9. The van der Waals surface area contributed by atoms with E-state index in [2.05, 4.69) is 44.4 Å². The Morgan fingerprint density at radius 3 is 0.859 bits per heavy atom. The number of nitrogens with zero attached hydrogens (tertiary/aromatic N) is 8. The molecule has 4 aromatic carbocycles. The molecule has 0 spiro atoms. The molecular weight excluding hydrogens is 1130 g/mol. The Balaban J connectivity index is -0.000000275. The molecule has 0 saturated heterocycles. The van der Waals surface area contributed by atoms with E-state index in [1.54, 1.807) is 78.9 Å². The second-order valence-corrected chi connectivity index (χ2v) is 10.7. The normalized spacial score (nSPS) is 9.19. The van der Waals surface area contributed by atoms with E-state index >= 15 is 0 Å². The standard InChI is InChI=1S/2C18H20N2O4.C2H3N.2CNS.Dy.NO3.2Zn/c2*1-23-15-7-3-5-13(17(15)21)11-19-9-10-20-12-14-6-4-8-16(24-2)18(14)22;1-2-3;2*2-1-3;;2-1(3)4;;/h2*3-8,11-12,21-22H,9-10H2,1-2H3;1H3;;;;;;/q;;;2*-1;+3;-1;2*+2/p-4. The molecule has 0 aliphatic rings. The first-order valence-corrected chi connectivity index (χ1v) is 17.6. The van der Waals surface area contributed by atoms with Crippen LogP contribution < -0.4 is 39.4 Å². The second-order valence-electron chi connectivity index (χ2n) is 10.3. The number of nitriles is 1. The molecular formula is C40H39DyN8O11S2Zn2. The van der Waals surface area contributed by atoms with Gasteiger partial charge in [0.25, 0.3) is 0 Å². The average molecular weight is 1170 g/mol. The first-order valence-electron chi connectivity index (χ1n) is 16.8. The van der Waals surface area contributed by atoms with E-state index in [9.17, 15) is 20.4 Å². The maximum Gasteiger partial charge on any atom is 3.00 e. The van der Waals surface area contributed by atoms with Crippen molar-refractivity contribution in [2.24, 2.45) is 20.0 Å². The number of isothiocyanates is 2. The zero-order valence-corrected chi connectivity index (χ0v) is 44.8. The number of benzene rings is 4. The Morgan fingerprint density at radius 2 is 0.719 bits per heavy atom. The van der Waals surface area contributed by atoms with Crippen molar-refractivity contribution in [3.8, 4) is 52.1 Å². The molecule has 0 N–H and O–H groups in total. The number of hydrogen-bond acceptors (Lipinski definition) is 18. The van der Waals surface area contributed by atoms with Crippen molar-refractivity contribution >= 4 is 59.6 Å². The molecule has 0 aliphatic carbocycles. The summed E-state index contributed by atoms with van der Waals surface area (Å²) in [7, 11) is 5.81. The van der Waals surface area contributed by atoms with Crippen molar-refractivity contribution < 1.29 is 122 Å². The summed E-state index contributed by atoms with van der Waals surface area (Å²) in [5.74, 6) is 0.380. The Bertz CT molecular complexity index is 1900. The Hall–Kier alpha value is -5.23. The van der Waals surface area contributed by atoms with Crippen LogP contribution >= 0.6 is 24.4 Å². The number of ether oxygens (including phenoxy) is 4. The van der Waals surface area contributed by atoms with Gasteiger partial charge in [0, 0.05) is 31.8 Å². The molecule has 1 radical (unpaired) electrons. The third-order valence-electron chi connectivity index (χ3n) is 6.55. The summed E-state index contributed by atoms with van der Waals surface area (Å²) in [6.07, 6.45) is 6.02. The predicted octanol–water partition coefficient (Wildman–Crippen LogP) is 4.38. The van der Waals surface area contributed by atoms with Crippen molar-refractivity contribution in [2.75, 3.05) is 54.6 Å². The minimum atomic E-state index is -1.75. The van der Waals surface area contributed by atoms with Gasteiger partial charge in [0.05, 0.1) is 65.8 Å². The third-order valence-corrected chi connectivity index (χ3v) is 6.55. The fraction of sp³-hybridized carbons (Fsp3) is 0.225. The van der Waals surface area contributed by atoms with Gasteiger partial charge in [-0.25, -0.2) is 0 Å². The maximum atomic E-state index is 11.9. The molecule has 0 amide bonds. The van der Waals surface area contributed by atoms with Gasteiger partial charge in [-0.2, -0.15) is 15.6 Å². The van der Waals surface area contributed by atoms with Crippen LogP contribution in [-0.4, -0.2) is 94.9 Å². The van der Waals surface area contributed by atoms with E-state index in [1.807, 2.05) is 0 Å². The molecule has 0 atom stereocenters. The number of thiocarbonyl (C=S) groups is 2. The zero-order chi connectivity index (χ0) is 46.4. The van der Waals surface area contributed by atoms with Gasteiger partial charge >= 0.3 is 77.1 Å². The molecule has 331 valence electrons. The van der Waals surface area contributed by atoms with Gasteiger partial charge in [-0.05, 0) is 46.5 Å². The molecule has 0 unspecified atom stereocenters. The quantitative estimate of drug-likeness (QED) is 0.0423. The summed E-state index contributed by atoms with van der Waals surface area (Å²) in [5.41, 5.74) is 1.86. The molecule has 0 heterocycles. The predicted molar refractivity (Wildman–Crippen MR) is 233 cm³/mol. The monoisotopic (exact) mass is 1160 g/mol. The number of hydrogen-bond donors (Lipinski definition) is 0.